The van der Waals surface area contributed by atoms with Crippen molar-refractivity contribution in [2.45, 2.75) is 12.3 Å². The number of carbonyl (C=O) groups is 1. The molecule has 1 aromatic carbocycles. The molecular formula is C11H9ClN2O. The van der Waals surface area contributed by atoms with Crippen molar-refractivity contribution in [3.05, 3.63) is 34.3 Å². The Morgan fingerprint density at radius 2 is 2.33 bits per heavy atom. The van der Waals surface area contributed by atoms with Crippen LogP contribution in [0.3, 0.4) is 0 Å². The zero-order chi connectivity index (χ0) is 11.0. The summed E-state index contributed by atoms with van der Waals surface area (Å²) in [6.07, 6.45) is 0.727. The summed E-state index contributed by atoms with van der Waals surface area (Å²) >= 11 is 5.85. The Morgan fingerprint density at radius 3 is 2.87 bits per heavy atom. The number of nitriles is 1. The van der Waals surface area contributed by atoms with E-state index in [0.29, 0.717) is 10.6 Å². The van der Waals surface area contributed by atoms with Gasteiger partial charge in [-0.05, 0) is 36.1 Å². The van der Waals surface area contributed by atoms with Crippen LogP contribution in [0.15, 0.2) is 18.2 Å². The van der Waals surface area contributed by atoms with Gasteiger partial charge < -0.3 is 5.73 Å². The van der Waals surface area contributed by atoms with Gasteiger partial charge >= 0.3 is 0 Å². The molecule has 1 fully saturated rings. The summed E-state index contributed by atoms with van der Waals surface area (Å²) in [5.74, 6) is -0.352. The molecule has 0 aliphatic heterocycles. The van der Waals surface area contributed by atoms with E-state index in [2.05, 4.69) is 6.07 Å². The number of benzene rings is 1. The monoisotopic (exact) mass is 220 g/mol. The maximum atomic E-state index is 10.9. The molecule has 1 saturated carbocycles. The number of nitrogens with zero attached hydrogens (tertiary/aromatic N) is 1. The zero-order valence-corrected chi connectivity index (χ0v) is 8.66. The predicted molar refractivity (Wildman–Crippen MR) is 56.2 cm³/mol. The molecule has 3 nitrogen and oxygen atoms in total. The van der Waals surface area contributed by atoms with Gasteiger partial charge in [0.15, 0.2) is 0 Å². The van der Waals surface area contributed by atoms with Gasteiger partial charge in [-0.25, -0.2) is 0 Å². The van der Waals surface area contributed by atoms with Gasteiger partial charge in [-0.2, -0.15) is 5.26 Å². The van der Waals surface area contributed by atoms with E-state index in [0.717, 1.165) is 12.0 Å². The van der Waals surface area contributed by atoms with Gasteiger partial charge in [0.05, 0.1) is 11.6 Å². The molecule has 2 rings (SSSR count). The Kier molecular flexibility index (Phi) is 2.37. The standard InChI is InChI=1S/C11H9ClN2O/c12-7-2-1-6(5-13)8(3-7)9-4-10(9)11(14)15/h1-3,9-10H,4H2,(H2,14,15)/t9?,10-/m0/s1. The van der Waals surface area contributed by atoms with Crippen LogP contribution in [-0.2, 0) is 4.79 Å². The number of amides is 1. The minimum Gasteiger partial charge on any atom is -0.369 e. The molecule has 15 heavy (non-hydrogen) atoms. The van der Waals surface area contributed by atoms with E-state index in [1.807, 2.05) is 0 Å². The number of halogens is 1. The topological polar surface area (TPSA) is 66.9 Å². The molecule has 0 spiro atoms. The maximum absolute atomic E-state index is 10.9. The van der Waals surface area contributed by atoms with E-state index >= 15 is 0 Å². The fourth-order valence-electron chi connectivity index (χ4n) is 1.80. The Bertz CT molecular complexity index is 464. The molecule has 76 valence electrons. The van der Waals surface area contributed by atoms with Crippen LogP contribution >= 0.6 is 11.6 Å². The van der Waals surface area contributed by atoms with Crippen molar-refractivity contribution in [2.75, 3.05) is 0 Å². The van der Waals surface area contributed by atoms with Crippen LogP contribution in [0.2, 0.25) is 5.02 Å². The molecule has 0 bridgehead atoms. The first kappa shape index (κ1) is 10.0. The van der Waals surface area contributed by atoms with E-state index in [4.69, 9.17) is 22.6 Å². The summed E-state index contributed by atoms with van der Waals surface area (Å²) in [6.45, 7) is 0. The first-order valence-corrected chi connectivity index (χ1v) is 5.00. The molecule has 1 aliphatic rings. The van der Waals surface area contributed by atoms with Crippen molar-refractivity contribution in [3.8, 4) is 6.07 Å². The lowest BCUT2D eigenvalue weighted by atomic mass is 10.0. The van der Waals surface area contributed by atoms with Gasteiger partial charge in [-0.3, -0.25) is 4.79 Å². The molecule has 4 heteroatoms. The second kappa shape index (κ2) is 3.56. The fourth-order valence-corrected chi connectivity index (χ4v) is 1.98. The lowest BCUT2D eigenvalue weighted by Crippen LogP contribution is -2.13. The van der Waals surface area contributed by atoms with E-state index in [1.165, 1.54) is 0 Å². The number of primary amides is 1. The minimum absolute atomic E-state index is 0.0795. The third-order valence-corrected chi connectivity index (χ3v) is 2.92. The molecule has 1 amide bonds. The van der Waals surface area contributed by atoms with Crippen LogP contribution in [0.4, 0.5) is 0 Å². The van der Waals surface area contributed by atoms with Crippen molar-refractivity contribution >= 4 is 17.5 Å². The molecule has 2 atom stereocenters. The molecule has 2 N–H and O–H groups in total. The van der Waals surface area contributed by atoms with Crippen LogP contribution < -0.4 is 5.73 Å². The Labute approximate surface area is 92.4 Å². The van der Waals surface area contributed by atoms with E-state index in [1.54, 1.807) is 18.2 Å². The summed E-state index contributed by atoms with van der Waals surface area (Å²) in [5, 5.41) is 9.48. The highest BCUT2D eigenvalue weighted by Crippen LogP contribution is 2.48. The highest BCUT2D eigenvalue weighted by Gasteiger charge is 2.43. The summed E-state index contributed by atoms with van der Waals surface area (Å²) in [4.78, 5) is 10.9. The van der Waals surface area contributed by atoms with Gasteiger partial charge in [0, 0.05) is 10.9 Å². The van der Waals surface area contributed by atoms with Gasteiger partial charge in [-0.15, -0.1) is 0 Å². The van der Waals surface area contributed by atoms with Crippen molar-refractivity contribution in [1.29, 1.82) is 5.26 Å². The smallest absolute Gasteiger partial charge is 0.221 e. The van der Waals surface area contributed by atoms with Gasteiger partial charge in [0.25, 0.3) is 0 Å². The highest BCUT2D eigenvalue weighted by molar-refractivity contribution is 6.30. The van der Waals surface area contributed by atoms with Crippen molar-refractivity contribution in [2.24, 2.45) is 11.7 Å². The van der Waals surface area contributed by atoms with Crippen molar-refractivity contribution in [3.63, 3.8) is 0 Å². The second-order valence-electron chi connectivity index (χ2n) is 3.69. The van der Waals surface area contributed by atoms with Gasteiger partial charge in [0.2, 0.25) is 5.91 Å². The maximum Gasteiger partial charge on any atom is 0.221 e. The van der Waals surface area contributed by atoms with Crippen LogP contribution in [0, 0.1) is 17.2 Å². The fraction of sp³-hybridized carbons (Fsp3) is 0.273. The third-order valence-electron chi connectivity index (χ3n) is 2.69. The minimum atomic E-state index is -0.302. The van der Waals surface area contributed by atoms with Gasteiger partial charge in [0.1, 0.15) is 0 Å². The zero-order valence-electron chi connectivity index (χ0n) is 7.90. The van der Waals surface area contributed by atoms with E-state index in [9.17, 15) is 4.79 Å². The molecule has 0 aromatic heterocycles. The lowest BCUT2D eigenvalue weighted by molar-refractivity contribution is -0.119. The third kappa shape index (κ3) is 1.81. The number of rotatable bonds is 2. The number of carbonyl (C=O) groups excluding carboxylic acids is 1. The normalized spacial score (nSPS) is 23.2. The average Bonchev–Trinajstić information content (AvgIpc) is 2.97. The van der Waals surface area contributed by atoms with E-state index < -0.39 is 0 Å². The van der Waals surface area contributed by atoms with E-state index in [-0.39, 0.29) is 17.7 Å². The predicted octanol–water partition coefficient (Wildman–Crippen LogP) is 1.80. The van der Waals surface area contributed by atoms with Crippen LogP contribution in [0.1, 0.15) is 23.5 Å². The Hall–Kier alpha value is -1.53. The van der Waals surface area contributed by atoms with Crippen LogP contribution in [0.5, 0.6) is 0 Å². The number of hydrogen-bond acceptors (Lipinski definition) is 2. The Balaban J connectivity index is 2.33. The largest absolute Gasteiger partial charge is 0.369 e. The SMILES string of the molecule is N#Cc1ccc(Cl)cc1C1C[C@@H]1C(N)=O. The number of nitrogens with two attached hydrogens (primary N) is 1. The first-order chi connectivity index (χ1) is 7.13. The highest BCUT2D eigenvalue weighted by atomic mass is 35.5. The molecule has 0 saturated heterocycles. The number of hydrogen-bond donors (Lipinski definition) is 1. The molecule has 0 radical (unpaired) electrons. The van der Waals surface area contributed by atoms with Gasteiger partial charge in [-0.1, -0.05) is 11.6 Å². The second-order valence-corrected chi connectivity index (χ2v) is 4.13. The lowest BCUT2D eigenvalue weighted by Gasteiger charge is -2.02. The molecule has 1 aliphatic carbocycles. The quantitative estimate of drug-likeness (QED) is 0.826. The van der Waals surface area contributed by atoms with Crippen molar-refractivity contribution < 1.29 is 4.79 Å². The average molecular weight is 221 g/mol. The summed E-state index contributed by atoms with van der Waals surface area (Å²) in [5.41, 5.74) is 6.62. The first-order valence-electron chi connectivity index (χ1n) is 4.62. The molecule has 1 unspecified atom stereocenters. The van der Waals surface area contributed by atoms with Crippen molar-refractivity contribution in [1.82, 2.24) is 0 Å². The summed E-state index contributed by atoms with van der Waals surface area (Å²) in [7, 11) is 0. The Morgan fingerprint density at radius 1 is 1.60 bits per heavy atom. The van der Waals surface area contributed by atoms with Crippen LogP contribution in [-0.4, -0.2) is 5.91 Å². The molecular weight excluding hydrogens is 212 g/mol. The summed E-state index contributed by atoms with van der Waals surface area (Å²) in [6, 6.07) is 7.18. The van der Waals surface area contributed by atoms with Crippen LogP contribution in [0.25, 0.3) is 0 Å². The summed E-state index contributed by atoms with van der Waals surface area (Å²) < 4.78 is 0. The molecule has 0 heterocycles. The molecule has 1 aromatic rings.